The molecule has 0 radical (unpaired) electrons. The summed E-state index contributed by atoms with van der Waals surface area (Å²) >= 11 is 5.35. The van der Waals surface area contributed by atoms with Gasteiger partial charge >= 0.3 is 5.97 Å². The number of aliphatic carboxylic acids is 1. The fourth-order valence-electron chi connectivity index (χ4n) is 1.05. The third kappa shape index (κ3) is 4.31. The van der Waals surface area contributed by atoms with E-state index in [9.17, 15) is 4.79 Å². The Morgan fingerprint density at radius 1 is 1.56 bits per heavy atom. The van der Waals surface area contributed by atoms with Crippen LogP contribution < -0.4 is 10.2 Å². The first-order valence-electron chi connectivity index (χ1n) is 4.96. The topological polar surface area (TPSA) is 94.7 Å². The Hall–Kier alpha value is -2.26. The smallest absolute Gasteiger partial charge is 0.368 e. The second-order valence-electron chi connectivity index (χ2n) is 3.07. The van der Waals surface area contributed by atoms with Gasteiger partial charge in [0.25, 0.3) is 0 Å². The number of nitrogens with one attached hydrogen (secondary N) is 1. The molecule has 0 aliphatic carbocycles. The highest BCUT2D eigenvalue weighted by Gasteiger charge is 2.06. The number of nitrogens with zero attached hydrogens (tertiary/aromatic N) is 2. The van der Waals surface area contributed by atoms with Gasteiger partial charge in [-0.2, -0.15) is 10.4 Å². The molecular formula is C11H10ClN3O3. The van der Waals surface area contributed by atoms with Crippen LogP contribution in [0.1, 0.15) is 6.42 Å². The Morgan fingerprint density at radius 3 is 2.94 bits per heavy atom. The van der Waals surface area contributed by atoms with Gasteiger partial charge in [0.2, 0.25) is 5.17 Å². The zero-order chi connectivity index (χ0) is 13.4. The number of anilines is 1. The van der Waals surface area contributed by atoms with Gasteiger partial charge in [-0.25, -0.2) is 4.79 Å². The molecule has 0 bridgehead atoms. The van der Waals surface area contributed by atoms with Crippen LogP contribution in [0.5, 0.6) is 5.75 Å². The highest BCUT2D eigenvalue weighted by molar-refractivity contribution is 6.81. The number of carbonyl (C=O) groups is 1. The number of para-hydroxylation sites is 2. The summed E-state index contributed by atoms with van der Waals surface area (Å²) in [6.07, 6.45) is 0.257. The zero-order valence-electron chi connectivity index (χ0n) is 9.26. The minimum absolute atomic E-state index is 0.242. The van der Waals surface area contributed by atoms with Gasteiger partial charge in [0.15, 0.2) is 0 Å². The predicted molar refractivity (Wildman–Crippen MR) is 66.7 cm³/mol. The molecular weight excluding hydrogens is 258 g/mol. The first-order valence-corrected chi connectivity index (χ1v) is 5.34. The van der Waals surface area contributed by atoms with Crippen molar-refractivity contribution in [2.75, 3.05) is 12.0 Å². The average Bonchev–Trinajstić information content (AvgIpc) is 2.37. The van der Waals surface area contributed by atoms with E-state index < -0.39 is 11.1 Å². The van der Waals surface area contributed by atoms with Crippen molar-refractivity contribution in [3.8, 4) is 11.8 Å². The standard InChI is InChI=1S/C11H10ClN3O3/c12-10(11(16)17)15-14-8-4-1-2-5-9(8)18-7-3-6-13/h1-2,4-5,14H,3,7H2,(H,16,17). The van der Waals surface area contributed by atoms with E-state index in [0.29, 0.717) is 11.4 Å². The number of hydrogen-bond donors (Lipinski definition) is 2. The summed E-state index contributed by atoms with van der Waals surface area (Å²) in [5.41, 5.74) is 2.96. The van der Waals surface area contributed by atoms with Crippen molar-refractivity contribution in [1.82, 2.24) is 0 Å². The van der Waals surface area contributed by atoms with Gasteiger partial charge in [-0.3, -0.25) is 5.43 Å². The molecule has 0 atom stereocenters. The molecule has 0 saturated heterocycles. The van der Waals surface area contributed by atoms with E-state index in [4.69, 9.17) is 26.7 Å². The van der Waals surface area contributed by atoms with Crippen LogP contribution in [0.25, 0.3) is 0 Å². The summed E-state index contributed by atoms with van der Waals surface area (Å²) in [6.45, 7) is 0.242. The van der Waals surface area contributed by atoms with Gasteiger partial charge in [0, 0.05) is 0 Å². The number of benzene rings is 1. The number of rotatable bonds is 6. The first kappa shape index (κ1) is 13.8. The van der Waals surface area contributed by atoms with E-state index in [2.05, 4.69) is 10.5 Å². The molecule has 0 unspecified atom stereocenters. The molecule has 0 aliphatic rings. The second-order valence-corrected chi connectivity index (χ2v) is 3.43. The van der Waals surface area contributed by atoms with Crippen LogP contribution in [0, 0.1) is 11.3 Å². The SMILES string of the molecule is N#CCCOc1ccccc1NN=C(Cl)C(=O)O. The van der Waals surface area contributed by atoms with E-state index >= 15 is 0 Å². The maximum Gasteiger partial charge on any atom is 0.368 e. The summed E-state index contributed by atoms with van der Waals surface area (Å²) in [6, 6.07) is 8.74. The van der Waals surface area contributed by atoms with E-state index in [1.807, 2.05) is 6.07 Å². The first-order chi connectivity index (χ1) is 8.65. The number of nitriles is 1. The minimum Gasteiger partial charge on any atom is -0.490 e. The monoisotopic (exact) mass is 267 g/mol. The zero-order valence-corrected chi connectivity index (χ0v) is 10.0. The van der Waals surface area contributed by atoms with Crippen molar-refractivity contribution in [2.45, 2.75) is 6.42 Å². The lowest BCUT2D eigenvalue weighted by atomic mass is 10.3. The van der Waals surface area contributed by atoms with Gasteiger partial charge in [-0.1, -0.05) is 23.7 Å². The van der Waals surface area contributed by atoms with Crippen LogP contribution >= 0.6 is 11.6 Å². The predicted octanol–water partition coefficient (Wildman–Crippen LogP) is 2.03. The van der Waals surface area contributed by atoms with Crippen molar-refractivity contribution >= 4 is 28.4 Å². The highest BCUT2D eigenvalue weighted by atomic mass is 35.5. The van der Waals surface area contributed by atoms with E-state index in [0.717, 1.165) is 0 Å². The molecule has 0 heterocycles. The number of hydrazone groups is 1. The largest absolute Gasteiger partial charge is 0.490 e. The van der Waals surface area contributed by atoms with Crippen LogP contribution in [-0.2, 0) is 4.79 Å². The molecule has 0 aromatic heterocycles. The molecule has 0 saturated carbocycles. The van der Waals surface area contributed by atoms with Gasteiger partial charge < -0.3 is 9.84 Å². The van der Waals surface area contributed by atoms with E-state index in [1.54, 1.807) is 24.3 Å². The molecule has 1 rings (SSSR count). The lowest BCUT2D eigenvalue weighted by Gasteiger charge is -2.09. The van der Waals surface area contributed by atoms with Gasteiger partial charge in [0.1, 0.15) is 12.4 Å². The number of carboxylic acids is 1. The third-order valence-electron chi connectivity index (χ3n) is 1.81. The van der Waals surface area contributed by atoms with Gasteiger partial charge in [-0.15, -0.1) is 0 Å². The Kier molecular flexibility index (Phi) is 5.48. The minimum atomic E-state index is -1.33. The summed E-state index contributed by atoms with van der Waals surface area (Å²) in [4.78, 5) is 10.4. The molecule has 0 aliphatic heterocycles. The van der Waals surface area contributed by atoms with Crippen LogP contribution in [0.4, 0.5) is 5.69 Å². The molecule has 0 spiro atoms. The molecule has 2 N–H and O–H groups in total. The van der Waals surface area contributed by atoms with Gasteiger partial charge in [0.05, 0.1) is 18.2 Å². The van der Waals surface area contributed by atoms with Crippen LogP contribution in [0.2, 0.25) is 0 Å². The lowest BCUT2D eigenvalue weighted by Crippen LogP contribution is -2.08. The molecule has 1 aromatic carbocycles. The van der Waals surface area contributed by atoms with Crippen molar-refractivity contribution in [3.63, 3.8) is 0 Å². The van der Waals surface area contributed by atoms with Crippen molar-refractivity contribution in [2.24, 2.45) is 5.10 Å². The van der Waals surface area contributed by atoms with Crippen LogP contribution in [0.3, 0.4) is 0 Å². The van der Waals surface area contributed by atoms with Gasteiger partial charge in [-0.05, 0) is 12.1 Å². The highest BCUT2D eigenvalue weighted by Crippen LogP contribution is 2.23. The quantitative estimate of drug-likeness (QED) is 0.467. The Bertz CT molecular complexity index is 497. The summed E-state index contributed by atoms with van der Waals surface area (Å²) in [5.74, 6) is -0.863. The lowest BCUT2D eigenvalue weighted by molar-refractivity contribution is -0.129. The number of halogens is 1. The number of ether oxygens (including phenoxy) is 1. The molecule has 7 heteroatoms. The molecule has 94 valence electrons. The fourth-order valence-corrected chi connectivity index (χ4v) is 1.09. The molecule has 0 fully saturated rings. The maximum atomic E-state index is 10.4. The second kappa shape index (κ2) is 7.14. The van der Waals surface area contributed by atoms with Crippen molar-refractivity contribution in [3.05, 3.63) is 24.3 Å². The molecule has 18 heavy (non-hydrogen) atoms. The van der Waals surface area contributed by atoms with Crippen molar-refractivity contribution < 1.29 is 14.6 Å². The summed E-state index contributed by atoms with van der Waals surface area (Å²) in [7, 11) is 0. The third-order valence-corrected chi connectivity index (χ3v) is 2.06. The van der Waals surface area contributed by atoms with Crippen molar-refractivity contribution in [1.29, 1.82) is 5.26 Å². The molecule has 6 nitrogen and oxygen atoms in total. The number of carboxylic acid groups (broad SMARTS) is 1. The average molecular weight is 268 g/mol. The normalized spacial score (nSPS) is 10.6. The van der Waals surface area contributed by atoms with E-state index in [-0.39, 0.29) is 13.0 Å². The molecule has 1 aromatic rings. The summed E-state index contributed by atoms with van der Waals surface area (Å²) in [5, 5.41) is 19.8. The Balaban J connectivity index is 2.73. The fraction of sp³-hybridized carbons (Fsp3) is 0.182. The van der Waals surface area contributed by atoms with Crippen LogP contribution in [-0.4, -0.2) is 22.9 Å². The Labute approximate surface area is 108 Å². The van der Waals surface area contributed by atoms with Crippen LogP contribution in [0.15, 0.2) is 29.4 Å². The number of hydrogen-bond acceptors (Lipinski definition) is 5. The Morgan fingerprint density at radius 2 is 2.28 bits per heavy atom. The molecule has 0 amide bonds. The summed E-state index contributed by atoms with van der Waals surface area (Å²) < 4.78 is 5.33. The van der Waals surface area contributed by atoms with E-state index in [1.165, 1.54) is 0 Å². The maximum absolute atomic E-state index is 10.4.